The van der Waals surface area contributed by atoms with Crippen molar-refractivity contribution < 1.29 is 14.3 Å². The number of amides is 1. The minimum Gasteiger partial charge on any atom is -0.490 e. The highest BCUT2D eigenvalue weighted by Crippen LogP contribution is 2.29. The number of nitrogens with zero attached hydrogens (tertiary/aromatic N) is 1. The lowest BCUT2D eigenvalue weighted by atomic mass is 10.2. The zero-order valence-corrected chi connectivity index (χ0v) is 13.1. The van der Waals surface area contributed by atoms with E-state index in [9.17, 15) is 4.79 Å². The van der Waals surface area contributed by atoms with E-state index >= 15 is 0 Å². The molecule has 2 aromatic rings. The van der Waals surface area contributed by atoms with Crippen molar-refractivity contribution in [1.29, 1.82) is 0 Å². The van der Waals surface area contributed by atoms with Gasteiger partial charge in [-0.05, 0) is 56.6 Å². The standard InChI is InChI=1S/C15H18N2O3S/c1-4-19-12-7-6-11(9-13(12)20-5-2)15(18)16-14-8-10(3)17-21-14/h6-9H,4-5H2,1-3H3,(H,16,18). The van der Waals surface area contributed by atoms with Crippen molar-refractivity contribution in [1.82, 2.24) is 4.37 Å². The van der Waals surface area contributed by atoms with Crippen LogP contribution in [-0.4, -0.2) is 23.5 Å². The molecule has 1 N–H and O–H groups in total. The molecule has 0 fully saturated rings. The lowest BCUT2D eigenvalue weighted by Crippen LogP contribution is -2.11. The summed E-state index contributed by atoms with van der Waals surface area (Å²) in [4.78, 5) is 12.2. The molecular weight excluding hydrogens is 288 g/mol. The number of benzene rings is 1. The highest BCUT2D eigenvalue weighted by Gasteiger charge is 2.12. The van der Waals surface area contributed by atoms with Gasteiger partial charge in [0.15, 0.2) is 11.5 Å². The number of carbonyl (C=O) groups excluding carboxylic acids is 1. The van der Waals surface area contributed by atoms with E-state index in [1.807, 2.05) is 26.8 Å². The van der Waals surface area contributed by atoms with Gasteiger partial charge in [-0.25, -0.2) is 0 Å². The molecule has 2 rings (SSSR count). The van der Waals surface area contributed by atoms with Crippen molar-refractivity contribution in [3.05, 3.63) is 35.5 Å². The molecule has 0 saturated carbocycles. The fourth-order valence-electron chi connectivity index (χ4n) is 1.80. The largest absolute Gasteiger partial charge is 0.490 e. The van der Waals surface area contributed by atoms with Crippen molar-refractivity contribution in [2.75, 3.05) is 18.5 Å². The fourth-order valence-corrected chi connectivity index (χ4v) is 2.46. The second-order valence-corrected chi connectivity index (χ2v) is 5.12. The van der Waals surface area contributed by atoms with Crippen LogP contribution in [0, 0.1) is 6.92 Å². The summed E-state index contributed by atoms with van der Waals surface area (Å²) < 4.78 is 15.1. The molecule has 0 bridgehead atoms. The van der Waals surface area contributed by atoms with Gasteiger partial charge in [0, 0.05) is 5.56 Å². The maximum absolute atomic E-state index is 12.2. The van der Waals surface area contributed by atoms with Gasteiger partial charge in [0.1, 0.15) is 5.00 Å². The Morgan fingerprint density at radius 2 is 1.90 bits per heavy atom. The first-order chi connectivity index (χ1) is 10.1. The number of carbonyl (C=O) groups is 1. The first-order valence-electron chi connectivity index (χ1n) is 6.78. The van der Waals surface area contributed by atoms with Crippen molar-refractivity contribution in [2.24, 2.45) is 0 Å². The van der Waals surface area contributed by atoms with Crippen LogP contribution in [0.4, 0.5) is 5.00 Å². The molecule has 5 nitrogen and oxygen atoms in total. The fraction of sp³-hybridized carbons (Fsp3) is 0.333. The Bertz CT molecular complexity index is 625. The maximum Gasteiger partial charge on any atom is 0.256 e. The Morgan fingerprint density at radius 3 is 2.52 bits per heavy atom. The van der Waals surface area contributed by atoms with Gasteiger partial charge >= 0.3 is 0 Å². The zero-order valence-electron chi connectivity index (χ0n) is 12.3. The Kier molecular flexibility index (Phi) is 5.16. The van der Waals surface area contributed by atoms with Gasteiger partial charge in [-0.2, -0.15) is 4.37 Å². The van der Waals surface area contributed by atoms with Crippen LogP contribution in [0.1, 0.15) is 29.9 Å². The summed E-state index contributed by atoms with van der Waals surface area (Å²) in [6.45, 7) is 6.74. The Balaban J connectivity index is 2.18. The lowest BCUT2D eigenvalue weighted by Gasteiger charge is -2.12. The number of rotatable bonds is 6. The summed E-state index contributed by atoms with van der Waals surface area (Å²) in [5.74, 6) is 1.03. The third-order valence-corrected chi connectivity index (χ3v) is 3.47. The molecule has 0 aliphatic rings. The molecule has 112 valence electrons. The Morgan fingerprint density at radius 1 is 1.19 bits per heavy atom. The molecule has 6 heteroatoms. The molecule has 0 radical (unpaired) electrons. The molecular formula is C15H18N2O3S. The number of aryl methyl sites for hydroxylation is 1. The number of nitrogens with one attached hydrogen (secondary N) is 1. The molecule has 0 unspecified atom stereocenters. The molecule has 1 aromatic carbocycles. The van der Waals surface area contributed by atoms with Gasteiger partial charge in [0.25, 0.3) is 5.91 Å². The normalized spacial score (nSPS) is 10.2. The van der Waals surface area contributed by atoms with Gasteiger partial charge in [0.2, 0.25) is 0 Å². The topological polar surface area (TPSA) is 60.5 Å². The molecule has 1 amide bonds. The molecule has 0 aliphatic heterocycles. The lowest BCUT2D eigenvalue weighted by molar-refractivity contribution is 0.102. The first kappa shape index (κ1) is 15.3. The van der Waals surface area contributed by atoms with Crippen LogP contribution in [0.2, 0.25) is 0 Å². The quantitative estimate of drug-likeness (QED) is 0.887. The van der Waals surface area contributed by atoms with Crippen LogP contribution in [0.3, 0.4) is 0 Å². The van der Waals surface area contributed by atoms with Crippen LogP contribution in [0.25, 0.3) is 0 Å². The van der Waals surface area contributed by atoms with Crippen LogP contribution >= 0.6 is 11.5 Å². The van der Waals surface area contributed by atoms with Crippen molar-refractivity contribution in [3.8, 4) is 11.5 Å². The SMILES string of the molecule is CCOc1ccc(C(=O)Nc2cc(C)ns2)cc1OCC. The third-order valence-electron chi connectivity index (χ3n) is 2.67. The minimum atomic E-state index is -0.192. The molecule has 0 aliphatic carbocycles. The average molecular weight is 306 g/mol. The summed E-state index contributed by atoms with van der Waals surface area (Å²) in [6.07, 6.45) is 0. The highest BCUT2D eigenvalue weighted by atomic mass is 32.1. The summed E-state index contributed by atoms with van der Waals surface area (Å²) in [5.41, 5.74) is 1.41. The predicted molar refractivity (Wildman–Crippen MR) is 83.6 cm³/mol. The van der Waals surface area contributed by atoms with E-state index in [2.05, 4.69) is 9.69 Å². The van der Waals surface area contributed by atoms with Gasteiger partial charge in [-0.1, -0.05) is 0 Å². The number of anilines is 1. The van der Waals surface area contributed by atoms with E-state index in [1.165, 1.54) is 11.5 Å². The van der Waals surface area contributed by atoms with Crippen molar-refractivity contribution >= 4 is 22.4 Å². The first-order valence-corrected chi connectivity index (χ1v) is 7.55. The molecule has 0 saturated heterocycles. The molecule has 0 atom stereocenters. The predicted octanol–water partition coefficient (Wildman–Crippen LogP) is 3.50. The summed E-state index contributed by atoms with van der Waals surface area (Å²) in [7, 11) is 0. The number of hydrogen-bond donors (Lipinski definition) is 1. The number of aromatic nitrogens is 1. The maximum atomic E-state index is 12.2. The molecule has 1 aromatic heterocycles. The zero-order chi connectivity index (χ0) is 15.2. The summed E-state index contributed by atoms with van der Waals surface area (Å²) >= 11 is 1.26. The van der Waals surface area contributed by atoms with E-state index in [4.69, 9.17) is 9.47 Å². The molecule has 0 spiro atoms. The van der Waals surface area contributed by atoms with Crippen LogP contribution in [0.15, 0.2) is 24.3 Å². The second-order valence-electron chi connectivity index (χ2n) is 4.31. The summed E-state index contributed by atoms with van der Waals surface area (Å²) in [5, 5.41) is 3.55. The van der Waals surface area contributed by atoms with Crippen LogP contribution in [-0.2, 0) is 0 Å². The van der Waals surface area contributed by atoms with E-state index in [1.54, 1.807) is 18.2 Å². The third kappa shape index (κ3) is 3.95. The van der Waals surface area contributed by atoms with E-state index in [0.717, 1.165) is 10.7 Å². The van der Waals surface area contributed by atoms with Crippen molar-refractivity contribution in [2.45, 2.75) is 20.8 Å². The van der Waals surface area contributed by atoms with E-state index in [0.29, 0.717) is 30.3 Å². The minimum absolute atomic E-state index is 0.192. The smallest absolute Gasteiger partial charge is 0.256 e. The summed E-state index contributed by atoms with van der Waals surface area (Å²) in [6, 6.07) is 7.00. The van der Waals surface area contributed by atoms with Crippen LogP contribution < -0.4 is 14.8 Å². The number of hydrogen-bond acceptors (Lipinski definition) is 5. The number of ether oxygens (including phenoxy) is 2. The Labute approximate surface area is 128 Å². The molecule has 21 heavy (non-hydrogen) atoms. The molecule has 1 heterocycles. The van der Waals surface area contributed by atoms with Gasteiger partial charge < -0.3 is 14.8 Å². The van der Waals surface area contributed by atoms with Gasteiger partial charge in [0.05, 0.1) is 18.9 Å². The monoisotopic (exact) mass is 306 g/mol. The highest BCUT2D eigenvalue weighted by molar-refractivity contribution is 7.10. The van der Waals surface area contributed by atoms with Gasteiger partial charge in [-0.3, -0.25) is 4.79 Å². The van der Waals surface area contributed by atoms with Crippen molar-refractivity contribution in [3.63, 3.8) is 0 Å². The average Bonchev–Trinajstić information content (AvgIpc) is 2.86. The second kappa shape index (κ2) is 7.08. The van der Waals surface area contributed by atoms with E-state index in [-0.39, 0.29) is 5.91 Å². The van der Waals surface area contributed by atoms with E-state index < -0.39 is 0 Å². The van der Waals surface area contributed by atoms with Gasteiger partial charge in [-0.15, -0.1) is 0 Å². The Hall–Kier alpha value is -2.08. The van der Waals surface area contributed by atoms with Crippen LogP contribution in [0.5, 0.6) is 11.5 Å².